The van der Waals surface area contributed by atoms with Gasteiger partial charge in [0.2, 0.25) is 5.95 Å². The second kappa shape index (κ2) is 7.95. The first-order valence-corrected chi connectivity index (χ1v) is 11.3. The Hall–Kier alpha value is -3.38. The number of hydrogen-bond donors (Lipinski definition) is 2. The van der Waals surface area contributed by atoms with E-state index in [0.717, 1.165) is 49.5 Å². The molecule has 1 aliphatic heterocycles. The highest BCUT2D eigenvalue weighted by Gasteiger charge is 2.34. The van der Waals surface area contributed by atoms with E-state index < -0.39 is 0 Å². The average molecular weight is 487 g/mol. The third-order valence-electron chi connectivity index (χ3n) is 5.89. The van der Waals surface area contributed by atoms with Crippen LogP contribution in [0.3, 0.4) is 0 Å². The fraction of sp³-hybridized carbons (Fsp3) is 0.154. The van der Waals surface area contributed by atoms with Crippen LogP contribution in [0.25, 0.3) is 11.0 Å². The van der Waals surface area contributed by atoms with E-state index in [1.54, 1.807) is 0 Å². The molecule has 160 valence electrons. The summed E-state index contributed by atoms with van der Waals surface area (Å²) >= 11 is 3.52. The molecule has 1 aromatic heterocycles. The summed E-state index contributed by atoms with van der Waals surface area (Å²) < 4.78 is 3.11. The van der Waals surface area contributed by atoms with Gasteiger partial charge in [-0.25, -0.2) is 4.98 Å². The molecule has 6 heteroatoms. The van der Waals surface area contributed by atoms with Crippen LogP contribution < -0.4 is 10.6 Å². The van der Waals surface area contributed by atoms with E-state index in [9.17, 15) is 4.79 Å². The molecule has 1 aliphatic rings. The maximum Gasteiger partial charge on any atom is 0.255 e. The molecular formula is C26H23BrN4O. The molecule has 0 unspecified atom stereocenters. The maximum absolute atomic E-state index is 13.7. The van der Waals surface area contributed by atoms with Gasteiger partial charge in [-0.05, 0) is 62.2 Å². The Kier molecular flexibility index (Phi) is 5.10. The minimum Gasteiger partial charge on any atom is -0.329 e. The van der Waals surface area contributed by atoms with E-state index in [0.29, 0.717) is 5.57 Å². The first kappa shape index (κ1) is 20.5. The number of imidazole rings is 1. The van der Waals surface area contributed by atoms with Crippen molar-refractivity contribution in [2.75, 3.05) is 10.6 Å². The summed E-state index contributed by atoms with van der Waals surface area (Å²) in [6.07, 6.45) is 0. The van der Waals surface area contributed by atoms with E-state index >= 15 is 0 Å². The summed E-state index contributed by atoms with van der Waals surface area (Å²) in [5.74, 6) is 0.609. The molecule has 2 heterocycles. The van der Waals surface area contributed by atoms with Gasteiger partial charge in [-0.1, -0.05) is 57.9 Å². The minimum atomic E-state index is -0.308. The molecule has 3 aromatic carbocycles. The lowest BCUT2D eigenvalue weighted by molar-refractivity contribution is -0.113. The number of benzene rings is 3. The Morgan fingerprint density at radius 3 is 2.53 bits per heavy atom. The van der Waals surface area contributed by atoms with Crippen molar-refractivity contribution in [1.82, 2.24) is 9.55 Å². The van der Waals surface area contributed by atoms with E-state index in [1.807, 2.05) is 69.3 Å². The van der Waals surface area contributed by atoms with E-state index in [4.69, 9.17) is 4.98 Å². The second-order valence-corrected chi connectivity index (χ2v) is 9.10. The number of fused-ring (bicyclic) bond motifs is 3. The topological polar surface area (TPSA) is 59.0 Å². The van der Waals surface area contributed by atoms with Crippen molar-refractivity contribution in [1.29, 1.82) is 0 Å². The lowest BCUT2D eigenvalue weighted by Gasteiger charge is -2.31. The largest absolute Gasteiger partial charge is 0.329 e. The predicted octanol–water partition coefficient (Wildman–Crippen LogP) is 6.34. The molecule has 0 saturated carbocycles. The average Bonchev–Trinajstić information content (AvgIpc) is 3.13. The van der Waals surface area contributed by atoms with Gasteiger partial charge in [-0.2, -0.15) is 0 Å². The Bertz CT molecular complexity index is 1380. The van der Waals surface area contributed by atoms with Gasteiger partial charge in [0.05, 0.1) is 22.6 Å². The highest BCUT2D eigenvalue weighted by atomic mass is 79.9. The summed E-state index contributed by atoms with van der Waals surface area (Å²) in [6, 6.07) is 21.9. The molecule has 0 radical (unpaired) electrons. The number of nitrogens with zero attached hydrogens (tertiary/aromatic N) is 2. The zero-order valence-corrected chi connectivity index (χ0v) is 19.7. The Morgan fingerprint density at radius 2 is 1.78 bits per heavy atom. The lowest BCUT2D eigenvalue weighted by Crippen LogP contribution is -2.31. The number of allylic oxidation sites excluding steroid dienone is 1. The third-order valence-corrected chi connectivity index (χ3v) is 6.42. The van der Waals surface area contributed by atoms with Gasteiger partial charge in [-0.15, -0.1) is 0 Å². The number of carbonyl (C=O) groups is 1. The van der Waals surface area contributed by atoms with Crippen LogP contribution in [-0.2, 0) is 4.79 Å². The number of anilines is 2. The van der Waals surface area contributed by atoms with Gasteiger partial charge in [0, 0.05) is 15.9 Å². The molecule has 0 aliphatic carbocycles. The van der Waals surface area contributed by atoms with E-state index in [-0.39, 0.29) is 11.9 Å². The summed E-state index contributed by atoms with van der Waals surface area (Å²) in [7, 11) is 0. The standard InChI is InChI=1S/C26H23BrN4O/c1-15-8-13-20(16(2)14-15)29-25(32)23-17(3)28-26-30-21-6-4-5-7-22(21)31(26)24(23)18-9-11-19(27)12-10-18/h4-14,24H,1-3H3,(H,28,30)(H,29,32)/t24-/m0/s1. The van der Waals surface area contributed by atoms with Crippen LogP contribution in [0.5, 0.6) is 0 Å². The quantitative estimate of drug-likeness (QED) is 0.355. The molecule has 0 spiro atoms. The highest BCUT2D eigenvalue weighted by molar-refractivity contribution is 9.10. The molecule has 32 heavy (non-hydrogen) atoms. The number of para-hydroxylation sites is 2. The predicted molar refractivity (Wildman–Crippen MR) is 133 cm³/mol. The fourth-order valence-corrected chi connectivity index (χ4v) is 4.63. The number of aryl methyl sites for hydroxylation is 2. The van der Waals surface area contributed by atoms with Crippen molar-refractivity contribution >= 4 is 44.5 Å². The molecule has 1 atom stereocenters. The first-order chi connectivity index (χ1) is 15.4. The summed E-state index contributed by atoms with van der Waals surface area (Å²) in [6.45, 7) is 5.99. The van der Waals surface area contributed by atoms with Crippen molar-refractivity contribution in [3.05, 3.63) is 99.2 Å². The van der Waals surface area contributed by atoms with Crippen molar-refractivity contribution in [2.45, 2.75) is 26.8 Å². The molecular weight excluding hydrogens is 464 g/mol. The minimum absolute atomic E-state index is 0.127. The lowest BCUT2D eigenvalue weighted by atomic mass is 9.94. The van der Waals surface area contributed by atoms with Gasteiger partial charge < -0.3 is 10.6 Å². The number of carbonyl (C=O) groups excluding carboxylic acids is 1. The van der Waals surface area contributed by atoms with E-state index in [2.05, 4.69) is 49.3 Å². The SMILES string of the molecule is CC1=C(C(=O)Nc2ccc(C)cc2C)[C@H](c2ccc(Br)cc2)n2c(nc3ccccc32)N1. The second-order valence-electron chi connectivity index (χ2n) is 8.18. The van der Waals surface area contributed by atoms with Crippen LogP contribution in [-0.4, -0.2) is 15.5 Å². The molecule has 5 rings (SSSR count). The molecule has 5 nitrogen and oxygen atoms in total. The Labute approximate surface area is 195 Å². The van der Waals surface area contributed by atoms with Crippen molar-refractivity contribution in [3.8, 4) is 0 Å². The molecule has 0 bridgehead atoms. The van der Waals surface area contributed by atoms with Crippen molar-refractivity contribution < 1.29 is 4.79 Å². The van der Waals surface area contributed by atoms with Gasteiger partial charge >= 0.3 is 0 Å². The number of halogens is 1. The number of nitrogens with one attached hydrogen (secondary N) is 2. The van der Waals surface area contributed by atoms with Gasteiger partial charge in [0.15, 0.2) is 0 Å². The molecule has 2 N–H and O–H groups in total. The summed E-state index contributed by atoms with van der Waals surface area (Å²) in [4.78, 5) is 18.5. The molecule has 0 saturated heterocycles. The summed E-state index contributed by atoms with van der Waals surface area (Å²) in [5, 5.41) is 6.50. The van der Waals surface area contributed by atoms with Crippen LogP contribution in [0.15, 0.2) is 82.5 Å². The molecule has 1 amide bonds. The van der Waals surface area contributed by atoms with Crippen molar-refractivity contribution in [3.63, 3.8) is 0 Å². The van der Waals surface area contributed by atoms with Crippen LogP contribution in [0.1, 0.15) is 29.7 Å². The normalized spacial score (nSPS) is 15.4. The number of rotatable bonds is 3. The smallest absolute Gasteiger partial charge is 0.255 e. The van der Waals surface area contributed by atoms with Crippen LogP contribution in [0, 0.1) is 13.8 Å². The van der Waals surface area contributed by atoms with Crippen LogP contribution >= 0.6 is 15.9 Å². The third kappa shape index (κ3) is 3.50. The van der Waals surface area contributed by atoms with Gasteiger partial charge in [-0.3, -0.25) is 9.36 Å². The zero-order valence-electron chi connectivity index (χ0n) is 18.1. The monoisotopic (exact) mass is 486 g/mol. The maximum atomic E-state index is 13.7. The van der Waals surface area contributed by atoms with E-state index in [1.165, 1.54) is 0 Å². The first-order valence-electron chi connectivity index (χ1n) is 10.5. The number of hydrogen-bond acceptors (Lipinski definition) is 3. The fourth-order valence-electron chi connectivity index (χ4n) is 4.36. The number of amides is 1. The van der Waals surface area contributed by atoms with Crippen LogP contribution in [0.4, 0.5) is 11.6 Å². The van der Waals surface area contributed by atoms with Crippen LogP contribution in [0.2, 0.25) is 0 Å². The van der Waals surface area contributed by atoms with Crippen molar-refractivity contribution in [2.24, 2.45) is 0 Å². The Morgan fingerprint density at radius 1 is 1.03 bits per heavy atom. The Balaban J connectivity index is 1.65. The number of aromatic nitrogens is 2. The van der Waals surface area contributed by atoms with Gasteiger partial charge in [0.1, 0.15) is 0 Å². The molecule has 4 aromatic rings. The van der Waals surface area contributed by atoms with Gasteiger partial charge in [0.25, 0.3) is 5.91 Å². The highest BCUT2D eigenvalue weighted by Crippen LogP contribution is 2.39. The summed E-state index contributed by atoms with van der Waals surface area (Å²) in [5.41, 5.74) is 7.37. The molecule has 0 fully saturated rings. The zero-order chi connectivity index (χ0) is 22.4.